The highest BCUT2D eigenvalue weighted by Gasteiger charge is 2.65. The van der Waals surface area contributed by atoms with Gasteiger partial charge in [-0.1, -0.05) is 12.1 Å². The molecular weight excluding hydrogens is 266 g/mol. The van der Waals surface area contributed by atoms with Gasteiger partial charge in [-0.3, -0.25) is 35.1 Å². The average molecular weight is 271 g/mol. The van der Waals surface area contributed by atoms with E-state index in [1.54, 1.807) is 0 Å². The first-order chi connectivity index (χ1) is 8.87. The second-order valence-corrected chi connectivity index (χ2v) is 3.11. The molecule has 0 amide bonds. The summed E-state index contributed by atoms with van der Waals surface area (Å²) in [6.45, 7) is -0.512. The van der Waals surface area contributed by atoms with E-state index in [0.717, 1.165) is 24.3 Å². The van der Waals surface area contributed by atoms with Gasteiger partial charge in [-0.05, 0) is 6.07 Å². The molecule has 0 aliphatic heterocycles. The first-order valence-corrected chi connectivity index (χ1v) is 4.52. The minimum Gasteiger partial charge on any atom is -0.336 e. The van der Waals surface area contributed by atoms with Gasteiger partial charge in [0.1, 0.15) is 9.85 Å². The number of nitro benzene ring substituents is 1. The zero-order valence-electron chi connectivity index (χ0n) is 8.99. The Bertz CT molecular complexity index is 543. The van der Waals surface area contributed by atoms with Crippen LogP contribution in [0.3, 0.4) is 0 Å². The van der Waals surface area contributed by atoms with E-state index in [2.05, 4.69) is 4.74 Å². The van der Waals surface area contributed by atoms with Crippen LogP contribution in [0, 0.1) is 30.3 Å². The standard InChI is InChI=1S/C8H5N3O8/c12-5-19-8(10(15)16,11(17)18)6-3-1-2-4-7(6)9(13)14/h1-5H. The van der Waals surface area contributed by atoms with Gasteiger partial charge in [0.15, 0.2) is 0 Å². The third-order valence-electron chi connectivity index (χ3n) is 2.16. The van der Waals surface area contributed by atoms with Crippen LogP contribution < -0.4 is 0 Å². The van der Waals surface area contributed by atoms with E-state index in [0.29, 0.717) is 0 Å². The van der Waals surface area contributed by atoms with Crippen LogP contribution in [0.1, 0.15) is 5.56 Å². The Morgan fingerprint density at radius 2 is 1.58 bits per heavy atom. The quantitative estimate of drug-likeness (QED) is 0.312. The molecule has 0 fully saturated rings. The van der Waals surface area contributed by atoms with Crippen molar-refractivity contribution >= 4 is 12.2 Å². The highest BCUT2D eigenvalue weighted by molar-refractivity contribution is 5.45. The zero-order valence-corrected chi connectivity index (χ0v) is 8.99. The number of hydrogen-bond acceptors (Lipinski definition) is 8. The minimum absolute atomic E-state index is 0.512. The summed E-state index contributed by atoms with van der Waals surface area (Å²) in [4.78, 5) is 38.7. The number of carbonyl (C=O) groups excluding carboxylic acids is 1. The van der Waals surface area contributed by atoms with E-state index in [-0.39, 0.29) is 0 Å². The predicted octanol–water partition coefficient (Wildman–Crippen LogP) is 0.431. The third-order valence-corrected chi connectivity index (χ3v) is 2.16. The zero-order chi connectivity index (χ0) is 14.6. The van der Waals surface area contributed by atoms with Crippen molar-refractivity contribution in [2.24, 2.45) is 0 Å². The van der Waals surface area contributed by atoms with E-state index in [4.69, 9.17) is 0 Å². The van der Waals surface area contributed by atoms with Gasteiger partial charge in [0, 0.05) is 6.07 Å². The van der Waals surface area contributed by atoms with Crippen LogP contribution in [0.15, 0.2) is 24.3 Å². The van der Waals surface area contributed by atoms with Crippen molar-refractivity contribution < 1.29 is 24.3 Å². The average Bonchev–Trinajstić information content (AvgIpc) is 2.35. The lowest BCUT2D eigenvalue weighted by Gasteiger charge is -2.13. The van der Waals surface area contributed by atoms with Crippen LogP contribution in [0.5, 0.6) is 0 Å². The van der Waals surface area contributed by atoms with Crippen molar-refractivity contribution in [2.45, 2.75) is 5.85 Å². The van der Waals surface area contributed by atoms with E-state index in [9.17, 15) is 35.1 Å². The number of ether oxygens (including phenoxy) is 1. The summed E-state index contributed by atoms with van der Waals surface area (Å²) >= 11 is 0. The molecule has 0 saturated carbocycles. The van der Waals surface area contributed by atoms with Crippen molar-refractivity contribution in [1.82, 2.24) is 0 Å². The second-order valence-electron chi connectivity index (χ2n) is 3.11. The van der Waals surface area contributed by atoms with Gasteiger partial charge in [0.05, 0.1) is 4.92 Å². The molecule has 11 heteroatoms. The Kier molecular flexibility index (Phi) is 3.70. The van der Waals surface area contributed by atoms with Crippen molar-refractivity contribution in [3.05, 3.63) is 60.2 Å². The number of nitro groups is 3. The lowest BCUT2D eigenvalue weighted by atomic mass is 10.1. The fourth-order valence-electron chi connectivity index (χ4n) is 1.39. The predicted molar refractivity (Wildman–Crippen MR) is 55.9 cm³/mol. The molecule has 0 atom stereocenters. The van der Waals surface area contributed by atoms with E-state index >= 15 is 0 Å². The molecule has 0 saturated heterocycles. The molecule has 11 nitrogen and oxygen atoms in total. The molecule has 0 spiro atoms. The lowest BCUT2D eigenvalue weighted by Crippen LogP contribution is -2.46. The number of rotatable bonds is 6. The first kappa shape index (κ1) is 14.0. The summed E-state index contributed by atoms with van der Waals surface area (Å²) in [7, 11) is 0. The fraction of sp³-hybridized carbons (Fsp3) is 0.125. The normalized spacial score (nSPS) is 10.5. The summed E-state index contributed by atoms with van der Waals surface area (Å²) in [5, 5.41) is 32.5. The summed E-state index contributed by atoms with van der Waals surface area (Å²) < 4.78 is 3.95. The van der Waals surface area contributed by atoms with Crippen molar-refractivity contribution in [1.29, 1.82) is 0 Å². The van der Waals surface area contributed by atoms with Crippen molar-refractivity contribution in [3.63, 3.8) is 0 Å². The largest absolute Gasteiger partial charge is 0.657 e. The summed E-state index contributed by atoms with van der Waals surface area (Å²) in [6.07, 6.45) is 0. The minimum atomic E-state index is -3.55. The molecular formula is C8H5N3O8. The van der Waals surface area contributed by atoms with Gasteiger partial charge in [-0.25, -0.2) is 0 Å². The molecule has 0 aromatic heterocycles. The first-order valence-electron chi connectivity index (χ1n) is 4.52. The second kappa shape index (κ2) is 5.03. The molecule has 0 aliphatic rings. The maximum atomic E-state index is 10.9. The molecule has 19 heavy (non-hydrogen) atoms. The Labute approximate surface area is 103 Å². The number of nitrogens with zero attached hydrogens (tertiary/aromatic N) is 3. The maximum Gasteiger partial charge on any atom is 0.657 e. The van der Waals surface area contributed by atoms with Gasteiger partial charge in [-0.15, -0.1) is 0 Å². The Morgan fingerprint density at radius 1 is 1.05 bits per heavy atom. The highest BCUT2D eigenvalue weighted by atomic mass is 16.8. The van der Waals surface area contributed by atoms with Crippen LogP contribution in [0.2, 0.25) is 0 Å². The van der Waals surface area contributed by atoms with E-state index in [1.807, 2.05) is 0 Å². The van der Waals surface area contributed by atoms with Gasteiger partial charge in [0.25, 0.3) is 5.69 Å². The van der Waals surface area contributed by atoms with E-state index < -0.39 is 38.3 Å². The molecule has 0 N–H and O–H groups in total. The topological polar surface area (TPSA) is 156 Å². The summed E-state index contributed by atoms with van der Waals surface area (Å²) in [5.74, 6) is -3.55. The molecule has 0 aliphatic carbocycles. The SMILES string of the molecule is O=COC(c1ccccc1[N+](=O)[O-])([N+](=O)[O-])[N+](=O)[O-]. The Morgan fingerprint density at radius 3 is 2.00 bits per heavy atom. The van der Waals surface area contributed by atoms with Crippen molar-refractivity contribution in [3.8, 4) is 0 Å². The van der Waals surface area contributed by atoms with Crippen LogP contribution in [-0.4, -0.2) is 21.2 Å². The van der Waals surface area contributed by atoms with Crippen LogP contribution >= 0.6 is 0 Å². The van der Waals surface area contributed by atoms with Crippen LogP contribution in [-0.2, 0) is 15.4 Å². The van der Waals surface area contributed by atoms with Gasteiger partial charge >= 0.3 is 12.3 Å². The molecule has 0 heterocycles. The Balaban J connectivity index is 3.67. The monoisotopic (exact) mass is 271 g/mol. The third kappa shape index (κ3) is 2.15. The highest BCUT2D eigenvalue weighted by Crippen LogP contribution is 2.33. The molecule has 0 bridgehead atoms. The summed E-state index contributed by atoms with van der Waals surface area (Å²) in [5.41, 5.74) is -1.86. The number of para-hydroxylation sites is 1. The Hall–Kier alpha value is -3.11. The molecule has 1 aromatic carbocycles. The van der Waals surface area contributed by atoms with Gasteiger partial charge in [0.2, 0.25) is 5.56 Å². The molecule has 0 unspecified atom stereocenters. The molecule has 100 valence electrons. The van der Waals surface area contributed by atoms with Gasteiger partial charge < -0.3 is 4.74 Å². The smallest absolute Gasteiger partial charge is 0.336 e. The summed E-state index contributed by atoms with van der Waals surface area (Å²) in [6, 6.07) is 3.87. The van der Waals surface area contributed by atoms with Crippen LogP contribution in [0.25, 0.3) is 0 Å². The van der Waals surface area contributed by atoms with Crippen molar-refractivity contribution in [2.75, 3.05) is 0 Å². The fourth-order valence-corrected chi connectivity index (χ4v) is 1.39. The molecule has 0 radical (unpaired) electrons. The number of benzene rings is 1. The van der Waals surface area contributed by atoms with Gasteiger partial charge in [-0.2, -0.15) is 0 Å². The number of carbonyl (C=O) groups is 1. The maximum absolute atomic E-state index is 10.9. The molecule has 1 rings (SSSR count). The van der Waals surface area contributed by atoms with Crippen LogP contribution in [0.4, 0.5) is 5.69 Å². The molecule has 1 aromatic rings. The lowest BCUT2D eigenvalue weighted by molar-refractivity contribution is -0.858. The van der Waals surface area contributed by atoms with E-state index in [1.165, 1.54) is 0 Å². The number of hydrogen-bond donors (Lipinski definition) is 0.